The molecule has 0 aliphatic carbocycles. The first kappa shape index (κ1) is 16.1. The number of pyridine rings is 1. The highest BCUT2D eigenvalue weighted by molar-refractivity contribution is 5.30. The van der Waals surface area contributed by atoms with E-state index in [0.717, 1.165) is 36.9 Å². The predicted molar refractivity (Wildman–Crippen MR) is 85.6 cm³/mol. The van der Waals surface area contributed by atoms with Gasteiger partial charge in [-0.2, -0.15) is 0 Å². The Hall–Kier alpha value is -1.29. The maximum Gasteiger partial charge on any atom is 0.223 e. The summed E-state index contributed by atoms with van der Waals surface area (Å²) in [5, 5.41) is 10.2. The van der Waals surface area contributed by atoms with Gasteiger partial charge in [0.2, 0.25) is 5.43 Å². The van der Waals surface area contributed by atoms with Crippen molar-refractivity contribution in [2.45, 2.75) is 53.6 Å². The molecule has 1 fully saturated rings. The lowest BCUT2D eigenvalue weighted by Crippen LogP contribution is -2.34. The van der Waals surface area contributed by atoms with Gasteiger partial charge in [-0.1, -0.05) is 20.8 Å². The van der Waals surface area contributed by atoms with Gasteiger partial charge in [0, 0.05) is 24.8 Å². The van der Waals surface area contributed by atoms with E-state index in [1.165, 1.54) is 12.8 Å². The number of hydrogen-bond donors (Lipinski definition) is 1. The molecule has 1 aliphatic rings. The van der Waals surface area contributed by atoms with Crippen molar-refractivity contribution in [1.29, 1.82) is 0 Å². The van der Waals surface area contributed by atoms with Crippen LogP contribution < -0.4 is 5.43 Å². The molecule has 2 rings (SSSR count). The largest absolute Gasteiger partial charge is 0.503 e. The van der Waals surface area contributed by atoms with Crippen LogP contribution >= 0.6 is 0 Å². The van der Waals surface area contributed by atoms with Crippen molar-refractivity contribution in [3.05, 3.63) is 27.7 Å². The van der Waals surface area contributed by atoms with Crippen LogP contribution in [0.5, 0.6) is 5.75 Å². The number of aromatic hydroxyl groups is 1. The minimum Gasteiger partial charge on any atom is -0.503 e. The fourth-order valence-electron chi connectivity index (χ4n) is 3.03. The Bertz CT molecular complexity index is 540. The quantitative estimate of drug-likeness (QED) is 0.928. The lowest BCUT2D eigenvalue weighted by molar-refractivity contribution is 0.178. The molecule has 1 N–H and O–H groups in total. The Labute approximate surface area is 127 Å². The zero-order chi connectivity index (χ0) is 15.6. The monoisotopic (exact) mass is 292 g/mol. The number of rotatable bonds is 4. The summed E-state index contributed by atoms with van der Waals surface area (Å²) in [6.07, 6.45) is 2.39. The summed E-state index contributed by atoms with van der Waals surface area (Å²) in [7, 11) is 0. The Morgan fingerprint density at radius 3 is 2.52 bits per heavy atom. The molecule has 1 aromatic heterocycles. The molecule has 0 spiro atoms. The second-order valence-corrected chi connectivity index (χ2v) is 6.91. The number of aryl methyl sites for hydroxylation is 1. The van der Waals surface area contributed by atoms with Gasteiger partial charge in [-0.05, 0) is 44.7 Å². The van der Waals surface area contributed by atoms with Gasteiger partial charge in [-0.25, -0.2) is 0 Å². The van der Waals surface area contributed by atoms with Crippen molar-refractivity contribution in [3.63, 3.8) is 0 Å². The van der Waals surface area contributed by atoms with Crippen molar-refractivity contribution in [2.75, 3.05) is 13.1 Å². The van der Waals surface area contributed by atoms with E-state index in [1.54, 1.807) is 6.07 Å². The Morgan fingerprint density at radius 2 is 1.95 bits per heavy atom. The molecular weight excluding hydrogens is 264 g/mol. The molecule has 0 aromatic carbocycles. The van der Waals surface area contributed by atoms with Crippen molar-refractivity contribution in [1.82, 2.24) is 9.47 Å². The van der Waals surface area contributed by atoms with Crippen LogP contribution in [0.15, 0.2) is 10.9 Å². The van der Waals surface area contributed by atoms with E-state index in [1.807, 2.05) is 6.92 Å². The molecule has 0 atom stereocenters. The summed E-state index contributed by atoms with van der Waals surface area (Å²) < 4.78 is 2.11. The van der Waals surface area contributed by atoms with Gasteiger partial charge in [0.15, 0.2) is 5.75 Å². The van der Waals surface area contributed by atoms with Crippen molar-refractivity contribution in [3.8, 4) is 5.75 Å². The Morgan fingerprint density at radius 1 is 1.33 bits per heavy atom. The number of hydrogen-bond acceptors (Lipinski definition) is 3. The SMILES string of the molecule is Cc1cc(=O)c(O)c(CN2CCC(C)CC2)n1CC(C)C. The molecule has 1 saturated heterocycles. The predicted octanol–water partition coefficient (Wildman–Crippen LogP) is 2.75. The van der Waals surface area contributed by atoms with Gasteiger partial charge in [0.25, 0.3) is 0 Å². The minimum absolute atomic E-state index is 0.0696. The van der Waals surface area contributed by atoms with E-state index in [9.17, 15) is 9.90 Å². The zero-order valence-corrected chi connectivity index (χ0v) is 13.7. The van der Waals surface area contributed by atoms with Crippen LogP contribution in [0.25, 0.3) is 0 Å². The van der Waals surface area contributed by atoms with E-state index in [-0.39, 0.29) is 11.2 Å². The molecule has 2 heterocycles. The van der Waals surface area contributed by atoms with Gasteiger partial charge in [0.05, 0.1) is 5.69 Å². The second-order valence-electron chi connectivity index (χ2n) is 6.91. The van der Waals surface area contributed by atoms with Crippen LogP contribution in [0.2, 0.25) is 0 Å². The van der Waals surface area contributed by atoms with Crippen LogP contribution in [-0.2, 0) is 13.1 Å². The van der Waals surface area contributed by atoms with E-state index in [4.69, 9.17) is 0 Å². The molecule has 0 unspecified atom stereocenters. The first-order valence-electron chi connectivity index (χ1n) is 8.03. The second kappa shape index (κ2) is 6.65. The Balaban J connectivity index is 2.29. The van der Waals surface area contributed by atoms with Gasteiger partial charge in [-0.3, -0.25) is 9.69 Å². The first-order chi connectivity index (χ1) is 9.88. The van der Waals surface area contributed by atoms with Crippen LogP contribution in [0.1, 0.15) is 45.0 Å². The molecule has 0 bridgehead atoms. The van der Waals surface area contributed by atoms with E-state index >= 15 is 0 Å². The first-order valence-corrected chi connectivity index (χ1v) is 8.03. The molecule has 0 amide bonds. The molecule has 4 nitrogen and oxygen atoms in total. The summed E-state index contributed by atoms with van der Waals surface area (Å²) in [6, 6.07) is 1.54. The lowest BCUT2D eigenvalue weighted by Gasteiger charge is -2.31. The number of nitrogens with zero attached hydrogens (tertiary/aromatic N) is 2. The topological polar surface area (TPSA) is 45.5 Å². The van der Waals surface area contributed by atoms with Crippen LogP contribution in [0.4, 0.5) is 0 Å². The molecule has 1 aromatic rings. The summed E-state index contributed by atoms with van der Waals surface area (Å²) in [5.41, 5.74) is 1.46. The number of aromatic nitrogens is 1. The van der Waals surface area contributed by atoms with Crippen LogP contribution in [0.3, 0.4) is 0 Å². The molecule has 4 heteroatoms. The average molecular weight is 292 g/mol. The zero-order valence-electron chi connectivity index (χ0n) is 13.7. The van der Waals surface area contributed by atoms with E-state index < -0.39 is 0 Å². The van der Waals surface area contributed by atoms with Crippen molar-refractivity contribution >= 4 is 0 Å². The highest BCUT2D eigenvalue weighted by atomic mass is 16.3. The molecule has 21 heavy (non-hydrogen) atoms. The van der Waals surface area contributed by atoms with Crippen LogP contribution in [0, 0.1) is 18.8 Å². The maximum atomic E-state index is 11.9. The molecular formula is C17H28N2O2. The third-order valence-corrected chi connectivity index (χ3v) is 4.40. The third kappa shape index (κ3) is 3.88. The number of likely N-dealkylation sites (tertiary alicyclic amines) is 1. The standard InChI is InChI=1S/C17H28N2O2/c1-12(2)10-19-14(4)9-16(20)17(21)15(19)11-18-7-5-13(3)6-8-18/h9,12-13,21H,5-8,10-11H2,1-4H3. The van der Waals surface area contributed by atoms with E-state index in [0.29, 0.717) is 12.5 Å². The summed E-state index contributed by atoms with van der Waals surface area (Å²) in [6.45, 7) is 12.1. The summed E-state index contributed by atoms with van der Waals surface area (Å²) in [5.74, 6) is 1.19. The van der Waals surface area contributed by atoms with Crippen molar-refractivity contribution in [2.24, 2.45) is 11.8 Å². The maximum absolute atomic E-state index is 11.9. The summed E-state index contributed by atoms with van der Waals surface area (Å²) >= 11 is 0. The molecule has 1 aliphatic heterocycles. The van der Waals surface area contributed by atoms with Gasteiger partial charge >= 0.3 is 0 Å². The van der Waals surface area contributed by atoms with Gasteiger partial charge in [-0.15, -0.1) is 0 Å². The highest BCUT2D eigenvalue weighted by Crippen LogP contribution is 2.22. The Kier molecular flexibility index (Phi) is 5.09. The van der Waals surface area contributed by atoms with Crippen LogP contribution in [-0.4, -0.2) is 27.7 Å². The lowest BCUT2D eigenvalue weighted by atomic mass is 9.99. The summed E-state index contributed by atoms with van der Waals surface area (Å²) in [4.78, 5) is 14.3. The minimum atomic E-state index is -0.257. The van der Waals surface area contributed by atoms with E-state index in [2.05, 4.69) is 30.2 Å². The average Bonchev–Trinajstić information content (AvgIpc) is 2.42. The third-order valence-electron chi connectivity index (χ3n) is 4.40. The van der Waals surface area contributed by atoms with Gasteiger partial charge < -0.3 is 9.67 Å². The fourth-order valence-corrected chi connectivity index (χ4v) is 3.03. The fraction of sp³-hybridized carbons (Fsp3) is 0.706. The molecule has 0 radical (unpaired) electrons. The highest BCUT2D eigenvalue weighted by Gasteiger charge is 2.20. The smallest absolute Gasteiger partial charge is 0.223 e. The molecule has 0 saturated carbocycles. The number of piperidine rings is 1. The van der Waals surface area contributed by atoms with Gasteiger partial charge in [0.1, 0.15) is 0 Å². The molecule has 118 valence electrons. The van der Waals surface area contributed by atoms with Crippen molar-refractivity contribution < 1.29 is 5.11 Å². The normalized spacial score (nSPS) is 17.6.